The van der Waals surface area contributed by atoms with Gasteiger partial charge in [0.15, 0.2) is 0 Å². The fraction of sp³-hybridized carbons (Fsp3) is 0.250. The van der Waals surface area contributed by atoms with Gasteiger partial charge < -0.3 is 14.9 Å². The zero-order chi connectivity index (χ0) is 16.1. The van der Waals surface area contributed by atoms with E-state index in [-0.39, 0.29) is 30.3 Å². The number of carbonyl (C=O) groups is 1. The second kappa shape index (κ2) is 5.93. The third-order valence-corrected chi connectivity index (χ3v) is 4.27. The molecule has 1 aromatic carbocycles. The minimum atomic E-state index is -1.26. The Morgan fingerprint density at radius 1 is 1.38 bits per heavy atom. The van der Waals surface area contributed by atoms with E-state index in [1.165, 1.54) is 10.8 Å². The molecule has 0 amide bonds. The van der Waals surface area contributed by atoms with Crippen LogP contribution in [-0.4, -0.2) is 25.5 Å². The quantitative estimate of drug-likeness (QED) is 0.530. The van der Waals surface area contributed by atoms with Crippen LogP contribution in [0.1, 0.15) is 31.1 Å². The molecule has 1 aliphatic rings. The Balaban J connectivity index is 0.00000169. The average molecular weight is 316 g/mol. The SMILES string of the molecule is C[C@@H]1C[C@@H](C(=O)[O-])n2c1ncc(-c1nc3ccccc3[nH]1)c2=O.[Li+]. The molecule has 24 heavy (non-hydrogen) atoms. The molecule has 0 saturated heterocycles. The van der Waals surface area contributed by atoms with Crippen molar-refractivity contribution in [2.24, 2.45) is 0 Å². The maximum Gasteiger partial charge on any atom is 1.00 e. The molecule has 0 unspecified atom stereocenters. The first-order valence-electron chi connectivity index (χ1n) is 7.33. The van der Waals surface area contributed by atoms with Crippen LogP contribution in [0.25, 0.3) is 22.4 Å². The van der Waals surface area contributed by atoms with Crippen molar-refractivity contribution in [2.75, 3.05) is 0 Å². The van der Waals surface area contributed by atoms with Gasteiger partial charge in [0, 0.05) is 12.1 Å². The number of hydrogen-bond acceptors (Lipinski definition) is 5. The Labute approximate surface area is 148 Å². The van der Waals surface area contributed by atoms with Crippen LogP contribution in [0.3, 0.4) is 0 Å². The second-order valence-corrected chi connectivity index (χ2v) is 5.78. The van der Waals surface area contributed by atoms with Crippen LogP contribution in [0.4, 0.5) is 0 Å². The Kier molecular flexibility index (Phi) is 4.07. The molecule has 4 rings (SSSR count). The van der Waals surface area contributed by atoms with E-state index in [4.69, 9.17) is 0 Å². The van der Waals surface area contributed by atoms with E-state index >= 15 is 0 Å². The number of imidazole rings is 1. The van der Waals surface area contributed by atoms with Crippen molar-refractivity contribution in [3.8, 4) is 11.4 Å². The van der Waals surface area contributed by atoms with Crippen molar-refractivity contribution < 1.29 is 28.8 Å². The van der Waals surface area contributed by atoms with Crippen LogP contribution < -0.4 is 29.5 Å². The van der Waals surface area contributed by atoms with Gasteiger partial charge in [0.2, 0.25) is 0 Å². The van der Waals surface area contributed by atoms with Crippen LogP contribution in [0.5, 0.6) is 0 Å². The van der Waals surface area contributed by atoms with Gasteiger partial charge in [0.1, 0.15) is 17.2 Å². The van der Waals surface area contributed by atoms with Gasteiger partial charge in [-0.2, -0.15) is 0 Å². The second-order valence-electron chi connectivity index (χ2n) is 5.78. The number of nitrogens with zero attached hydrogens (tertiary/aromatic N) is 3. The number of rotatable bonds is 2. The Hall–Kier alpha value is -2.36. The summed E-state index contributed by atoms with van der Waals surface area (Å²) in [5, 5.41) is 11.3. The van der Waals surface area contributed by atoms with Crippen LogP contribution >= 0.6 is 0 Å². The zero-order valence-electron chi connectivity index (χ0n) is 13.3. The molecule has 2 aromatic heterocycles. The molecule has 3 aromatic rings. The normalized spacial score (nSPS) is 19.0. The number of H-pyrrole nitrogens is 1. The van der Waals surface area contributed by atoms with Gasteiger partial charge in [-0.05, 0) is 18.6 Å². The van der Waals surface area contributed by atoms with Gasteiger partial charge in [-0.3, -0.25) is 9.36 Å². The summed E-state index contributed by atoms with van der Waals surface area (Å²) in [6.45, 7) is 1.85. The fourth-order valence-corrected chi connectivity index (χ4v) is 3.14. The first kappa shape index (κ1) is 16.5. The molecule has 8 heteroatoms. The minimum Gasteiger partial charge on any atom is -0.548 e. The van der Waals surface area contributed by atoms with Crippen LogP contribution in [0, 0.1) is 0 Å². The van der Waals surface area contributed by atoms with Gasteiger partial charge in [0.25, 0.3) is 5.56 Å². The Morgan fingerprint density at radius 3 is 2.83 bits per heavy atom. The molecule has 116 valence electrons. The molecule has 1 N–H and O–H groups in total. The molecule has 7 nitrogen and oxygen atoms in total. The smallest absolute Gasteiger partial charge is 0.548 e. The predicted octanol–water partition coefficient (Wildman–Crippen LogP) is -2.41. The monoisotopic (exact) mass is 316 g/mol. The van der Waals surface area contributed by atoms with Crippen molar-refractivity contribution in [2.45, 2.75) is 25.3 Å². The van der Waals surface area contributed by atoms with Gasteiger partial charge in [-0.25, -0.2) is 9.97 Å². The average Bonchev–Trinajstić information content (AvgIpc) is 3.09. The van der Waals surface area contributed by atoms with E-state index in [0.717, 1.165) is 11.0 Å². The van der Waals surface area contributed by atoms with E-state index in [0.29, 0.717) is 18.1 Å². The summed E-state index contributed by atoms with van der Waals surface area (Å²) < 4.78 is 1.22. The first-order chi connectivity index (χ1) is 11.1. The van der Waals surface area contributed by atoms with Crippen molar-refractivity contribution >= 4 is 17.0 Å². The molecule has 0 saturated carbocycles. The molecule has 0 fully saturated rings. The number of carboxylic acid groups (broad SMARTS) is 1. The van der Waals surface area contributed by atoms with Crippen molar-refractivity contribution in [1.29, 1.82) is 0 Å². The molecule has 0 spiro atoms. The fourth-order valence-electron chi connectivity index (χ4n) is 3.14. The molecular weight excluding hydrogens is 303 g/mol. The van der Waals surface area contributed by atoms with E-state index in [1.807, 2.05) is 31.2 Å². The van der Waals surface area contributed by atoms with E-state index in [2.05, 4.69) is 15.0 Å². The van der Waals surface area contributed by atoms with E-state index in [9.17, 15) is 14.7 Å². The first-order valence-corrected chi connectivity index (χ1v) is 7.33. The summed E-state index contributed by atoms with van der Waals surface area (Å²) in [5.41, 5.74) is 1.38. The summed E-state index contributed by atoms with van der Waals surface area (Å²) >= 11 is 0. The van der Waals surface area contributed by atoms with Gasteiger partial charge >= 0.3 is 18.9 Å². The molecule has 3 heterocycles. The number of benzene rings is 1. The largest absolute Gasteiger partial charge is 1.00 e. The number of fused-ring (bicyclic) bond motifs is 2. The summed E-state index contributed by atoms with van der Waals surface area (Å²) in [6, 6.07) is 6.43. The molecule has 0 bridgehead atoms. The number of aromatic amines is 1. The van der Waals surface area contributed by atoms with Gasteiger partial charge in [-0.15, -0.1) is 0 Å². The number of para-hydroxylation sites is 2. The number of aromatic nitrogens is 4. The Morgan fingerprint density at radius 2 is 2.12 bits per heavy atom. The summed E-state index contributed by atoms with van der Waals surface area (Å²) in [4.78, 5) is 35.8. The Bertz CT molecular complexity index is 961. The number of carbonyl (C=O) groups excluding carboxylic acids is 1. The van der Waals surface area contributed by atoms with Crippen LogP contribution in [-0.2, 0) is 4.79 Å². The number of aliphatic carboxylic acids is 1. The zero-order valence-corrected chi connectivity index (χ0v) is 13.3. The molecule has 1 aliphatic heterocycles. The van der Waals surface area contributed by atoms with Crippen molar-refractivity contribution in [3.05, 3.63) is 46.6 Å². The molecule has 0 aliphatic carbocycles. The van der Waals surface area contributed by atoms with Crippen molar-refractivity contribution in [1.82, 2.24) is 19.5 Å². The van der Waals surface area contributed by atoms with E-state index < -0.39 is 17.6 Å². The molecule has 2 atom stereocenters. The molecular formula is C16H13LiN4O3. The van der Waals surface area contributed by atoms with E-state index in [1.54, 1.807) is 0 Å². The van der Waals surface area contributed by atoms with Crippen LogP contribution in [0.2, 0.25) is 0 Å². The van der Waals surface area contributed by atoms with Gasteiger partial charge in [0.05, 0.1) is 23.0 Å². The topological polar surface area (TPSA) is 104 Å². The third kappa shape index (κ3) is 2.37. The summed E-state index contributed by atoms with van der Waals surface area (Å²) in [7, 11) is 0. The third-order valence-electron chi connectivity index (χ3n) is 4.27. The number of hydrogen-bond donors (Lipinski definition) is 1. The van der Waals surface area contributed by atoms with Crippen LogP contribution in [0.15, 0.2) is 35.3 Å². The standard InChI is InChI=1S/C16H14N4O3.Li/c1-8-6-12(16(22)23)20-14(8)17-7-9(15(20)21)13-18-10-4-2-3-5-11(10)19-13;/h2-5,7-8,12H,6H2,1H3,(H,18,19)(H,22,23);/q;+1/p-1/t8-,12+;/m1./s1. The van der Waals surface area contributed by atoms with Gasteiger partial charge in [-0.1, -0.05) is 19.1 Å². The van der Waals surface area contributed by atoms with Crippen molar-refractivity contribution in [3.63, 3.8) is 0 Å². The number of carboxylic acids is 1. The predicted molar refractivity (Wildman–Crippen MR) is 80.7 cm³/mol. The summed E-state index contributed by atoms with van der Waals surface area (Å²) in [5.74, 6) is -0.503. The maximum absolute atomic E-state index is 12.8. The minimum absolute atomic E-state index is 0. The maximum atomic E-state index is 12.8. The number of nitrogens with one attached hydrogen (secondary N) is 1. The summed E-state index contributed by atoms with van der Waals surface area (Å²) in [6.07, 6.45) is 1.77. The molecule has 0 radical (unpaired) electrons.